The Hall–Kier alpha value is -4.26. The molecule has 12 nitrogen and oxygen atoms in total. The lowest BCUT2D eigenvalue weighted by atomic mass is 9.85. The first-order valence-corrected chi connectivity index (χ1v) is 12.8. The molecular formula is C26H28FN9O3. The maximum Gasteiger partial charge on any atom is 0.291 e. The molecule has 2 saturated heterocycles. The van der Waals surface area contributed by atoms with Gasteiger partial charge in [-0.2, -0.15) is 14.7 Å². The number of carbonyl (C=O) groups is 2. The van der Waals surface area contributed by atoms with Gasteiger partial charge >= 0.3 is 0 Å². The summed E-state index contributed by atoms with van der Waals surface area (Å²) in [4.78, 5) is 40.8. The van der Waals surface area contributed by atoms with Crippen molar-refractivity contribution in [2.24, 2.45) is 0 Å². The average molecular weight is 534 g/mol. The first-order valence-electron chi connectivity index (χ1n) is 12.8. The van der Waals surface area contributed by atoms with Crippen molar-refractivity contribution in [3.05, 3.63) is 53.4 Å². The average Bonchev–Trinajstić information content (AvgIpc) is 3.61. The van der Waals surface area contributed by atoms with Crippen molar-refractivity contribution in [1.82, 2.24) is 39.7 Å². The molecule has 0 radical (unpaired) electrons. The first-order chi connectivity index (χ1) is 18.5. The standard InChI is InChI=1S/C26H28FN9O3/c1-12(37)19-20(13-6-15-4-5-16(7-13)35(15)25(38)23-30-11-31-34-23)33-24-17(10-32-36(24)22(19)28)14-8-18(27)21(29-9-14)26(2,3)39/h8-11,13,15-16,39H,4-7,28H2,1-3H3,(H,30,31,34)/t13-,15+,16-. The van der Waals surface area contributed by atoms with Crippen LogP contribution in [0.2, 0.25) is 0 Å². The van der Waals surface area contributed by atoms with Crippen LogP contribution in [0.1, 0.15) is 84.7 Å². The van der Waals surface area contributed by atoms with Crippen LogP contribution in [0.15, 0.2) is 24.8 Å². The van der Waals surface area contributed by atoms with Crippen molar-refractivity contribution in [2.45, 2.75) is 70.1 Å². The minimum atomic E-state index is -1.45. The number of anilines is 1. The van der Waals surface area contributed by atoms with Gasteiger partial charge in [-0.05, 0) is 52.5 Å². The summed E-state index contributed by atoms with van der Waals surface area (Å²) < 4.78 is 16.3. The van der Waals surface area contributed by atoms with Crippen molar-refractivity contribution < 1.29 is 19.1 Å². The van der Waals surface area contributed by atoms with Gasteiger partial charge in [-0.3, -0.25) is 19.7 Å². The number of nitrogen functional groups attached to an aromatic ring is 1. The lowest BCUT2D eigenvalue weighted by Gasteiger charge is -2.38. The Morgan fingerprint density at radius 3 is 2.49 bits per heavy atom. The van der Waals surface area contributed by atoms with Gasteiger partial charge in [-0.25, -0.2) is 14.4 Å². The molecule has 39 heavy (non-hydrogen) atoms. The molecule has 6 heterocycles. The third-order valence-corrected chi connectivity index (χ3v) is 7.77. The second-order valence-corrected chi connectivity index (χ2v) is 10.8. The van der Waals surface area contributed by atoms with Gasteiger partial charge < -0.3 is 15.7 Å². The van der Waals surface area contributed by atoms with E-state index in [-0.39, 0.29) is 47.0 Å². The fourth-order valence-electron chi connectivity index (χ4n) is 6.09. The molecule has 3 atom stereocenters. The largest absolute Gasteiger partial charge is 0.384 e. The number of Topliss-reactive ketones (excluding diaryl/α,β-unsaturated/α-hetero) is 1. The number of aliphatic hydroxyl groups is 1. The summed E-state index contributed by atoms with van der Waals surface area (Å²) in [6.45, 7) is 4.37. The number of aromatic amines is 1. The zero-order chi connectivity index (χ0) is 27.6. The third-order valence-electron chi connectivity index (χ3n) is 7.77. The van der Waals surface area contributed by atoms with E-state index in [4.69, 9.17) is 10.7 Å². The van der Waals surface area contributed by atoms with Gasteiger partial charge in [-0.1, -0.05) is 0 Å². The van der Waals surface area contributed by atoms with Gasteiger partial charge in [0.25, 0.3) is 5.91 Å². The smallest absolute Gasteiger partial charge is 0.291 e. The number of halogens is 1. The number of H-pyrrole nitrogens is 1. The molecule has 0 unspecified atom stereocenters. The third kappa shape index (κ3) is 4.04. The van der Waals surface area contributed by atoms with Crippen molar-refractivity contribution in [2.75, 3.05) is 5.73 Å². The summed E-state index contributed by atoms with van der Waals surface area (Å²) in [6.07, 6.45) is 7.17. The molecule has 2 bridgehead atoms. The molecule has 2 aliphatic rings. The van der Waals surface area contributed by atoms with E-state index in [1.165, 1.54) is 50.1 Å². The van der Waals surface area contributed by atoms with Gasteiger partial charge in [0.05, 0.1) is 17.5 Å². The Balaban J connectivity index is 1.41. The molecule has 4 aromatic rings. The minimum absolute atomic E-state index is 0.0394. The van der Waals surface area contributed by atoms with Crippen molar-refractivity contribution in [3.63, 3.8) is 0 Å². The van der Waals surface area contributed by atoms with Gasteiger partial charge in [0.2, 0.25) is 5.82 Å². The number of carbonyl (C=O) groups excluding carboxylic acids is 2. The number of fused-ring (bicyclic) bond motifs is 3. The number of nitrogens with two attached hydrogens (primary N) is 1. The summed E-state index contributed by atoms with van der Waals surface area (Å²) >= 11 is 0. The molecule has 2 fully saturated rings. The monoisotopic (exact) mass is 533 g/mol. The number of nitrogens with one attached hydrogen (secondary N) is 1. The maximum absolute atomic E-state index is 14.9. The van der Waals surface area contributed by atoms with E-state index in [9.17, 15) is 19.1 Å². The van der Waals surface area contributed by atoms with E-state index < -0.39 is 11.4 Å². The minimum Gasteiger partial charge on any atom is -0.384 e. The second kappa shape index (κ2) is 8.90. The normalized spacial score (nSPS) is 21.1. The van der Waals surface area contributed by atoms with E-state index in [2.05, 4.69) is 25.3 Å². The quantitative estimate of drug-likeness (QED) is 0.327. The van der Waals surface area contributed by atoms with Gasteiger partial charge in [0.1, 0.15) is 29.3 Å². The van der Waals surface area contributed by atoms with Crippen molar-refractivity contribution in [1.29, 1.82) is 0 Å². The molecule has 1 amide bonds. The van der Waals surface area contributed by atoms with E-state index >= 15 is 0 Å². The van der Waals surface area contributed by atoms with E-state index in [1.54, 1.807) is 0 Å². The molecule has 6 rings (SSSR count). The molecule has 4 N–H and O–H groups in total. The summed E-state index contributed by atoms with van der Waals surface area (Å²) in [5.74, 6) is -0.836. The number of rotatable bonds is 5. The number of ketones is 1. The second-order valence-electron chi connectivity index (χ2n) is 10.8. The maximum atomic E-state index is 14.9. The molecule has 2 aliphatic heterocycles. The summed E-state index contributed by atoms with van der Waals surface area (Å²) in [5.41, 5.74) is 7.11. The van der Waals surface area contributed by atoms with Crippen LogP contribution in [0.25, 0.3) is 16.8 Å². The number of pyridine rings is 1. The van der Waals surface area contributed by atoms with E-state index in [1.807, 2.05) is 4.90 Å². The Morgan fingerprint density at radius 2 is 1.90 bits per heavy atom. The summed E-state index contributed by atoms with van der Waals surface area (Å²) in [6, 6.07) is 1.20. The van der Waals surface area contributed by atoms with Crippen LogP contribution in [0, 0.1) is 5.82 Å². The highest BCUT2D eigenvalue weighted by atomic mass is 19.1. The van der Waals surface area contributed by atoms with E-state index in [0.717, 1.165) is 12.8 Å². The fraction of sp³-hybridized carbons (Fsp3) is 0.423. The summed E-state index contributed by atoms with van der Waals surface area (Å²) in [7, 11) is 0. The highest BCUT2D eigenvalue weighted by molar-refractivity contribution is 6.00. The van der Waals surface area contributed by atoms with Gasteiger partial charge in [-0.15, -0.1) is 0 Å². The first kappa shape index (κ1) is 25.0. The molecule has 0 saturated carbocycles. The molecule has 0 aliphatic carbocycles. The molecular weight excluding hydrogens is 505 g/mol. The van der Waals surface area contributed by atoms with E-state index in [0.29, 0.717) is 40.9 Å². The zero-order valence-corrected chi connectivity index (χ0v) is 21.7. The molecule has 4 aromatic heterocycles. The SMILES string of the molecule is CC(=O)c1c([C@H]2C[C@H]3CC[C@@H](C2)N3C(=O)c2ncn[nH]2)nc2c(-c3cnc(C(C)(C)O)c(F)c3)cnn2c1N. The van der Waals surface area contributed by atoms with Crippen LogP contribution in [0.5, 0.6) is 0 Å². The topological polar surface area (TPSA) is 168 Å². The molecule has 13 heteroatoms. The van der Waals surface area contributed by atoms with Crippen LogP contribution in [0.4, 0.5) is 10.2 Å². The van der Waals surface area contributed by atoms with Crippen molar-refractivity contribution >= 4 is 23.2 Å². The molecule has 0 aromatic carbocycles. The number of hydrogen-bond donors (Lipinski definition) is 3. The lowest BCUT2D eigenvalue weighted by Crippen LogP contribution is -2.46. The number of hydrogen-bond acceptors (Lipinski definition) is 9. The molecule has 202 valence electrons. The number of nitrogens with zero attached hydrogens (tertiary/aromatic N) is 7. The predicted molar refractivity (Wildman–Crippen MR) is 137 cm³/mol. The van der Waals surface area contributed by atoms with Crippen molar-refractivity contribution in [3.8, 4) is 11.1 Å². The van der Waals surface area contributed by atoms with Crippen LogP contribution in [0.3, 0.4) is 0 Å². The number of amides is 1. The Labute approximate surface area is 222 Å². The van der Waals surface area contributed by atoms with Crippen LogP contribution < -0.4 is 5.73 Å². The lowest BCUT2D eigenvalue weighted by molar-refractivity contribution is 0.0556. The predicted octanol–water partition coefficient (Wildman–Crippen LogP) is 2.61. The number of piperidine rings is 1. The number of aromatic nitrogens is 7. The Kier molecular flexibility index (Phi) is 5.72. The summed E-state index contributed by atoms with van der Waals surface area (Å²) in [5, 5.41) is 21.0. The van der Waals surface area contributed by atoms with Crippen LogP contribution in [-0.2, 0) is 5.60 Å². The fourth-order valence-corrected chi connectivity index (χ4v) is 6.09. The Morgan fingerprint density at radius 1 is 1.18 bits per heavy atom. The van der Waals surface area contributed by atoms with Gasteiger partial charge in [0.15, 0.2) is 11.4 Å². The van der Waals surface area contributed by atoms with Crippen LogP contribution in [-0.4, -0.2) is 68.5 Å². The highest BCUT2D eigenvalue weighted by Gasteiger charge is 2.45. The van der Waals surface area contributed by atoms with Crippen LogP contribution >= 0.6 is 0 Å². The Bertz CT molecular complexity index is 1600. The highest BCUT2D eigenvalue weighted by Crippen LogP contribution is 2.45. The van der Waals surface area contributed by atoms with Gasteiger partial charge in [0, 0.05) is 35.3 Å². The molecule has 0 spiro atoms. The zero-order valence-electron chi connectivity index (χ0n) is 21.7.